The molecule has 2 aromatic carbocycles. The largest absolute Gasteiger partial charge is 0.480 e. The number of halogens is 6. The molecule has 0 aliphatic carbocycles. The van der Waals surface area contributed by atoms with Gasteiger partial charge in [-0.25, -0.2) is 0 Å². The van der Waals surface area contributed by atoms with E-state index in [2.05, 4.69) is 0 Å². The van der Waals surface area contributed by atoms with E-state index in [1.807, 2.05) is 0 Å². The Balaban J connectivity index is 2.59. The Morgan fingerprint density at radius 2 is 1.45 bits per heavy atom. The van der Waals surface area contributed by atoms with E-state index >= 15 is 0 Å². The van der Waals surface area contributed by atoms with E-state index in [1.54, 1.807) is 19.0 Å². The van der Waals surface area contributed by atoms with Crippen molar-refractivity contribution in [1.29, 1.82) is 0 Å². The van der Waals surface area contributed by atoms with Crippen molar-refractivity contribution < 1.29 is 41.0 Å². The van der Waals surface area contributed by atoms with E-state index in [4.69, 9.17) is 10.8 Å². The number of nitrogens with zero attached hydrogens (tertiary/aromatic N) is 1. The lowest BCUT2D eigenvalue weighted by atomic mass is 9.94. The van der Waals surface area contributed by atoms with Crippen LogP contribution in [0, 0.1) is 0 Å². The summed E-state index contributed by atoms with van der Waals surface area (Å²) in [5, 5.41) is 9.02. The summed E-state index contributed by atoms with van der Waals surface area (Å²) in [5.74, 6) is -2.39. The number of rotatable bonds is 6. The number of carbonyl (C=O) groups excluding carboxylic acids is 1. The number of hydrogen-bond acceptors (Lipinski definition) is 4. The molecule has 0 aliphatic heterocycles. The molecular formula is C20H18F6N2O3. The molecule has 1 unspecified atom stereocenters. The Bertz CT molecular complexity index is 967. The molecule has 0 heterocycles. The van der Waals surface area contributed by atoms with Crippen LogP contribution in [0.3, 0.4) is 0 Å². The molecule has 0 aliphatic rings. The number of aliphatic carboxylic acids is 1. The van der Waals surface area contributed by atoms with Crippen LogP contribution in [0.2, 0.25) is 0 Å². The Morgan fingerprint density at radius 1 is 0.935 bits per heavy atom. The van der Waals surface area contributed by atoms with Gasteiger partial charge in [0.1, 0.15) is 6.04 Å². The maximum Gasteiger partial charge on any atom is 0.416 e. The average molecular weight is 448 g/mol. The highest BCUT2D eigenvalue weighted by atomic mass is 19.4. The van der Waals surface area contributed by atoms with E-state index in [9.17, 15) is 35.9 Å². The highest BCUT2D eigenvalue weighted by molar-refractivity contribution is 6.09. The van der Waals surface area contributed by atoms with Gasteiger partial charge in [0.15, 0.2) is 5.78 Å². The molecule has 0 saturated carbocycles. The first-order valence-electron chi connectivity index (χ1n) is 8.74. The average Bonchev–Trinajstić information content (AvgIpc) is 2.65. The predicted molar refractivity (Wildman–Crippen MR) is 100.0 cm³/mol. The van der Waals surface area contributed by atoms with E-state index in [0.29, 0.717) is 23.4 Å². The summed E-state index contributed by atoms with van der Waals surface area (Å²) in [7, 11) is 3.27. The molecule has 0 radical (unpaired) electrons. The summed E-state index contributed by atoms with van der Waals surface area (Å²) in [6.07, 6.45) is -10.4. The Hall–Kier alpha value is -3.08. The molecule has 2 aromatic rings. The summed E-state index contributed by atoms with van der Waals surface area (Å²) < 4.78 is 78.4. The fourth-order valence-corrected chi connectivity index (χ4v) is 2.90. The number of carboxylic acid groups (broad SMARTS) is 1. The van der Waals surface area contributed by atoms with Crippen LogP contribution in [-0.4, -0.2) is 37.0 Å². The van der Waals surface area contributed by atoms with Crippen molar-refractivity contribution in [1.82, 2.24) is 0 Å². The number of anilines is 1. The van der Waals surface area contributed by atoms with E-state index in [1.165, 1.54) is 18.2 Å². The van der Waals surface area contributed by atoms with Crippen molar-refractivity contribution in [2.45, 2.75) is 24.8 Å². The summed E-state index contributed by atoms with van der Waals surface area (Å²) in [6, 6.07) is 3.17. The lowest BCUT2D eigenvalue weighted by Crippen LogP contribution is -2.33. The number of hydrogen-bond donors (Lipinski definition) is 2. The summed E-state index contributed by atoms with van der Waals surface area (Å²) in [6.45, 7) is 0. The topological polar surface area (TPSA) is 83.6 Å². The smallest absolute Gasteiger partial charge is 0.416 e. The van der Waals surface area contributed by atoms with E-state index < -0.39 is 46.8 Å². The third-order valence-electron chi connectivity index (χ3n) is 4.43. The highest BCUT2D eigenvalue weighted by Crippen LogP contribution is 2.37. The number of alkyl halides is 6. The van der Waals surface area contributed by atoms with Crippen molar-refractivity contribution in [3.8, 4) is 0 Å². The molecule has 3 N–H and O–H groups in total. The molecule has 0 saturated heterocycles. The molecule has 0 aromatic heterocycles. The summed E-state index contributed by atoms with van der Waals surface area (Å²) in [4.78, 5) is 25.4. The van der Waals surface area contributed by atoms with Crippen LogP contribution in [0.4, 0.5) is 32.0 Å². The van der Waals surface area contributed by atoms with Gasteiger partial charge in [-0.15, -0.1) is 0 Å². The number of carboxylic acids is 1. The lowest BCUT2D eigenvalue weighted by molar-refractivity contribution is -0.143. The maximum atomic E-state index is 13.1. The normalized spacial score (nSPS) is 13.1. The first kappa shape index (κ1) is 24.2. The molecule has 11 heteroatoms. The van der Waals surface area contributed by atoms with Gasteiger partial charge in [0.2, 0.25) is 0 Å². The van der Waals surface area contributed by atoms with Crippen LogP contribution >= 0.6 is 0 Å². The van der Waals surface area contributed by atoms with Crippen LogP contribution in [-0.2, 0) is 23.6 Å². The molecule has 31 heavy (non-hydrogen) atoms. The van der Waals surface area contributed by atoms with Gasteiger partial charge >= 0.3 is 18.3 Å². The molecule has 2 rings (SSSR count). The van der Waals surface area contributed by atoms with Crippen LogP contribution in [0.1, 0.15) is 32.6 Å². The van der Waals surface area contributed by atoms with Gasteiger partial charge in [-0.2, -0.15) is 26.3 Å². The molecular weight excluding hydrogens is 430 g/mol. The quantitative estimate of drug-likeness (QED) is 0.516. The van der Waals surface area contributed by atoms with Crippen molar-refractivity contribution in [3.63, 3.8) is 0 Å². The minimum Gasteiger partial charge on any atom is -0.480 e. The van der Waals surface area contributed by atoms with Crippen molar-refractivity contribution in [2.75, 3.05) is 19.0 Å². The number of carbonyl (C=O) groups is 2. The predicted octanol–water partition coefficient (Wildman–Crippen LogP) is 3.98. The van der Waals surface area contributed by atoms with Gasteiger partial charge in [0.25, 0.3) is 0 Å². The van der Waals surface area contributed by atoms with Gasteiger partial charge in [0, 0.05) is 37.3 Å². The van der Waals surface area contributed by atoms with Gasteiger partial charge in [0.05, 0.1) is 11.1 Å². The molecule has 0 spiro atoms. The molecule has 5 nitrogen and oxygen atoms in total. The second kappa shape index (κ2) is 8.58. The Morgan fingerprint density at radius 3 is 1.87 bits per heavy atom. The first-order valence-corrected chi connectivity index (χ1v) is 8.74. The van der Waals surface area contributed by atoms with Crippen LogP contribution in [0.25, 0.3) is 0 Å². The van der Waals surface area contributed by atoms with Crippen LogP contribution in [0.15, 0.2) is 36.4 Å². The minimum absolute atomic E-state index is 0.0662. The number of ketones is 1. The Labute approximate surface area is 173 Å². The number of nitrogens with two attached hydrogens (primary N) is 1. The first-order chi connectivity index (χ1) is 14.1. The zero-order chi connectivity index (χ0) is 23.7. The monoisotopic (exact) mass is 448 g/mol. The number of benzene rings is 2. The molecule has 1 atom stereocenters. The second-order valence-corrected chi connectivity index (χ2v) is 7.01. The SMILES string of the molecule is CN(C)c1ccc(C(=O)c2cc(C(F)(F)F)cc(C(F)(F)F)c2)cc1CC(N)C(=O)O. The van der Waals surface area contributed by atoms with Gasteiger partial charge in [-0.1, -0.05) is 0 Å². The molecule has 0 bridgehead atoms. The van der Waals surface area contributed by atoms with Crippen molar-refractivity contribution >= 4 is 17.4 Å². The zero-order valence-electron chi connectivity index (χ0n) is 16.3. The zero-order valence-corrected chi connectivity index (χ0v) is 16.3. The maximum absolute atomic E-state index is 13.1. The third-order valence-corrected chi connectivity index (χ3v) is 4.43. The fourth-order valence-electron chi connectivity index (χ4n) is 2.90. The molecule has 168 valence electrons. The van der Waals surface area contributed by atoms with E-state index in [0.717, 1.165) is 0 Å². The minimum atomic E-state index is -5.09. The fraction of sp³-hybridized carbons (Fsp3) is 0.300. The second-order valence-electron chi connectivity index (χ2n) is 7.01. The molecule has 0 fully saturated rings. The summed E-state index contributed by atoms with van der Waals surface area (Å²) >= 11 is 0. The van der Waals surface area contributed by atoms with Crippen LogP contribution < -0.4 is 10.6 Å². The van der Waals surface area contributed by atoms with Gasteiger partial charge in [-0.3, -0.25) is 9.59 Å². The third kappa shape index (κ3) is 5.75. The van der Waals surface area contributed by atoms with Gasteiger partial charge in [-0.05, 0) is 42.0 Å². The van der Waals surface area contributed by atoms with Gasteiger partial charge < -0.3 is 15.7 Å². The van der Waals surface area contributed by atoms with Crippen molar-refractivity contribution in [3.05, 3.63) is 64.2 Å². The standard InChI is InChI=1S/C20H18F6N2O3/c1-28(2)16-4-3-10(5-11(16)8-15(27)18(30)31)17(29)12-6-13(19(21,22)23)9-14(7-12)20(24,25)26/h3-7,9,15H,8,27H2,1-2H3,(H,30,31). The van der Waals surface area contributed by atoms with E-state index in [-0.39, 0.29) is 18.1 Å². The highest BCUT2D eigenvalue weighted by Gasteiger charge is 2.37. The molecule has 0 amide bonds. The summed E-state index contributed by atoms with van der Waals surface area (Å²) in [5.41, 5.74) is 2.11. The van der Waals surface area contributed by atoms with Crippen molar-refractivity contribution in [2.24, 2.45) is 5.73 Å². The lowest BCUT2D eigenvalue weighted by Gasteiger charge is -2.20. The van der Waals surface area contributed by atoms with Crippen LogP contribution in [0.5, 0.6) is 0 Å². The Kier molecular flexibility index (Phi) is 6.69.